The summed E-state index contributed by atoms with van der Waals surface area (Å²) in [4.78, 5) is 10.7. The van der Waals surface area contributed by atoms with E-state index in [0.29, 0.717) is 6.07 Å². The van der Waals surface area contributed by atoms with Crippen LogP contribution in [0.25, 0.3) is 0 Å². The number of alkyl halides is 3. The minimum atomic E-state index is -4.57. The van der Waals surface area contributed by atoms with Crippen molar-refractivity contribution in [2.24, 2.45) is 0 Å². The van der Waals surface area contributed by atoms with E-state index in [2.05, 4.69) is 10.7 Å². The number of rotatable bonds is 0. The molecule has 1 aromatic carbocycles. The largest absolute Gasteiger partial charge is 0.459 e. The molecule has 0 unspecified atom stereocenters. The van der Waals surface area contributed by atoms with E-state index >= 15 is 0 Å². The van der Waals surface area contributed by atoms with Gasteiger partial charge in [-0.05, 0) is 18.2 Å². The van der Waals surface area contributed by atoms with Gasteiger partial charge in [0.1, 0.15) is 0 Å². The Labute approximate surface area is 101 Å². The average molecular weight is 253 g/mol. The Kier molecular flexibility index (Phi) is 3.96. The number of nitrogens with zero attached hydrogens (tertiary/aromatic N) is 1. The van der Waals surface area contributed by atoms with Gasteiger partial charge in [0.15, 0.2) is 0 Å². The van der Waals surface area contributed by atoms with Crippen molar-refractivity contribution in [1.82, 2.24) is 0 Å². The molecule has 0 heterocycles. The van der Waals surface area contributed by atoms with Gasteiger partial charge in [0.2, 0.25) is 0 Å². The Morgan fingerprint density at radius 1 is 1.28 bits per heavy atom. The predicted octanol–water partition coefficient (Wildman–Crippen LogP) is 2.10. The van der Waals surface area contributed by atoms with Gasteiger partial charge in [-0.1, -0.05) is 5.92 Å². The molecule has 0 aliphatic rings. The predicted molar refractivity (Wildman–Crippen MR) is 55.1 cm³/mol. The van der Waals surface area contributed by atoms with Gasteiger partial charge in [-0.3, -0.25) is 0 Å². The molecule has 0 spiro atoms. The summed E-state index contributed by atoms with van der Waals surface area (Å²) in [6, 6.07) is 4.23. The van der Waals surface area contributed by atoms with Gasteiger partial charge in [0.05, 0.1) is 24.3 Å². The molecule has 0 saturated carbocycles. The van der Waals surface area contributed by atoms with Crippen LogP contribution in [0.15, 0.2) is 18.2 Å². The third-order valence-electron chi connectivity index (χ3n) is 1.88. The lowest BCUT2D eigenvalue weighted by Crippen LogP contribution is -2.05. The molecular weight excluding hydrogens is 247 g/mol. The molecule has 0 N–H and O–H groups in total. The molecule has 1 aromatic rings. The fraction of sp³-hybridized carbons (Fsp3) is 0.167. The Bertz CT molecular complexity index is 574. The second kappa shape index (κ2) is 5.24. The van der Waals surface area contributed by atoms with Crippen LogP contribution in [0.4, 0.5) is 13.2 Å². The first-order chi connectivity index (χ1) is 8.36. The van der Waals surface area contributed by atoms with Crippen LogP contribution in [0.3, 0.4) is 0 Å². The molecule has 0 bridgehead atoms. The topological polar surface area (TPSA) is 50.1 Å². The van der Waals surface area contributed by atoms with Crippen molar-refractivity contribution >= 4 is 5.97 Å². The van der Waals surface area contributed by atoms with Gasteiger partial charge >= 0.3 is 12.1 Å². The number of carbonyl (C=O) groups is 1. The highest BCUT2D eigenvalue weighted by atomic mass is 19.4. The molecule has 92 valence electrons. The second-order valence-corrected chi connectivity index (χ2v) is 3.15. The molecule has 0 fully saturated rings. The van der Waals surface area contributed by atoms with Gasteiger partial charge < -0.3 is 4.74 Å². The number of hydrogen-bond donors (Lipinski definition) is 0. The Balaban J connectivity index is 3.25. The summed E-state index contributed by atoms with van der Waals surface area (Å²) in [6.07, 6.45) is -4.57. The summed E-state index contributed by atoms with van der Waals surface area (Å²) in [5, 5.41) is 8.62. The fourth-order valence-electron chi connectivity index (χ4n) is 1.10. The molecule has 0 amide bonds. The highest BCUT2D eigenvalue weighted by molar-refractivity contribution is 5.89. The first kappa shape index (κ1) is 13.6. The van der Waals surface area contributed by atoms with E-state index in [-0.39, 0.29) is 11.1 Å². The molecule has 3 nitrogen and oxygen atoms in total. The van der Waals surface area contributed by atoms with E-state index in [1.54, 1.807) is 6.07 Å². The summed E-state index contributed by atoms with van der Waals surface area (Å²) in [7, 11) is 1.10. The summed E-state index contributed by atoms with van der Waals surface area (Å²) >= 11 is 0. The van der Waals surface area contributed by atoms with Crippen LogP contribution < -0.4 is 0 Å². The fourth-order valence-corrected chi connectivity index (χ4v) is 1.10. The van der Waals surface area contributed by atoms with Gasteiger partial charge in [-0.2, -0.15) is 18.4 Å². The molecule has 18 heavy (non-hydrogen) atoms. The van der Waals surface area contributed by atoms with E-state index in [1.165, 1.54) is 0 Å². The van der Waals surface area contributed by atoms with Crippen LogP contribution in [-0.4, -0.2) is 13.1 Å². The minimum Gasteiger partial charge on any atom is -0.459 e. The van der Waals surface area contributed by atoms with Crippen molar-refractivity contribution in [3.63, 3.8) is 0 Å². The summed E-state index contributed by atoms with van der Waals surface area (Å²) in [6.45, 7) is 0. The number of methoxy groups -OCH3 is 1. The number of hydrogen-bond acceptors (Lipinski definition) is 3. The lowest BCUT2D eigenvalue weighted by molar-refractivity contribution is -0.137. The molecule has 0 radical (unpaired) electrons. The van der Waals surface area contributed by atoms with Crippen molar-refractivity contribution in [1.29, 1.82) is 5.26 Å². The molecule has 6 heteroatoms. The maximum Gasteiger partial charge on any atom is 0.416 e. The maximum absolute atomic E-state index is 12.5. The number of nitriles is 1. The van der Waals surface area contributed by atoms with Gasteiger partial charge in [-0.15, -0.1) is 0 Å². The molecule has 1 rings (SSSR count). The van der Waals surface area contributed by atoms with Crippen LogP contribution in [0.5, 0.6) is 0 Å². The minimum absolute atomic E-state index is 0.0771. The summed E-state index contributed by atoms with van der Waals surface area (Å²) in [5.41, 5.74) is -1.25. The molecule has 0 atom stereocenters. The lowest BCUT2D eigenvalue weighted by Gasteiger charge is -2.07. The van der Waals surface area contributed by atoms with E-state index in [0.717, 1.165) is 19.2 Å². The van der Waals surface area contributed by atoms with Crippen LogP contribution in [0, 0.1) is 23.2 Å². The zero-order valence-corrected chi connectivity index (χ0v) is 9.13. The first-order valence-corrected chi connectivity index (χ1v) is 4.59. The monoisotopic (exact) mass is 253 g/mol. The summed E-state index contributed by atoms with van der Waals surface area (Å²) in [5.74, 6) is 3.33. The van der Waals surface area contributed by atoms with Crippen molar-refractivity contribution < 1.29 is 22.7 Å². The van der Waals surface area contributed by atoms with E-state index in [4.69, 9.17) is 5.26 Å². The van der Waals surface area contributed by atoms with Crippen molar-refractivity contribution in [3.8, 4) is 17.9 Å². The van der Waals surface area contributed by atoms with E-state index in [9.17, 15) is 18.0 Å². The van der Waals surface area contributed by atoms with Gasteiger partial charge in [-0.25, -0.2) is 4.79 Å². The molecule has 0 aliphatic carbocycles. The van der Waals surface area contributed by atoms with Crippen molar-refractivity contribution in [2.45, 2.75) is 6.18 Å². The lowest BCUT2D eigenvalue weighted by atomic mass is 10.1. The number of halogens is 3. The highest BCUT2D eigenvalue weighted by Crippen LogP contribution is 2.30. The van der Waals surface area contributed by atoms with Crippen molar-refractivity contribution in [3.05, 3.63) is 34.9 Å². The normalized spacial score (nSPS) is 9.94. The molecular formula is C12H6F3NO2. The van der Waals surface area contributed by atoms with E-state index < -0.39 is 17.7 Å². The Morgan fingerprint density at radius 3 is 2.39 bits per heavy atom. The molecule has 0 aromatic heterocycles. The SMILES string of the molecule is COC(=O)C#Cc1cc(C#N)cc(C(F)(F)F)c1. The molecule has 0 saturated heterocycles. The van der Waals surface area contributed by atoms with E-state index in [1.807, 2.05) is 5.92 Å². The standard InChI is InChI=1S/C12H6F3NO2/c1-18-11(17)3-2-8-4-9(7-16)6-10(5-8)12(13,14)15/h4-6H,1H3. The molecule has 0 aliphatic heterocycles. The van der Waals surface area contributed by atoms with Gasteiger partial charge in [0.25, 0.3) is 0 Å². The number of esters is 1. The average Bonchev–Trinajstić information content (AvgIpc) is 2.34. The smallest absolute Gasteiger partial charge is 0.416 e. The maximum atomic E-state index is 12.5. The number of carbonyl (C=O) groups excluding carboxylic acids is 1. The van der Waals surface area contributed by atoms with Crippen molar-refractivity contribution in [2.75, 3.05) is 7.11 Å². The second-order valence-electron chi connectivity index (χ2n) is 3.15. The number of benzene rings is 1. The summed E-state index contributed by atoms with van der Waals surface area (Å²) < 4.78 is 41.7. The van der Waals surface area contributed by atoms with Crippen LogP contribution in [-0.2, 0) is 15.7 Å². The quantitative estimate of drug-likeness (QED) is 0.525. The zero-order chi connectivity index (χ0) is 13.8. The van der Waals surface area contributed by atoms with Crippen LogP contribution >= 0.6 is 0 Å². The first-order valence-electron chi connectivity index (χ1n) is 4.59. The van der Waals surface area contributed by atoms with Crippen LogP contribution in [0.1, 0.15) is 16.7 Å². The van der Waals surface area contributed by atoms with Gasteiger partial charge in [0, 0.05) is 11.5 Å². The van der Waals surface area contributed by atoms with Crippen LogP contribution in [0.2, 0.25) is 0 Å². The highest BCUT2D eigenvalue weighted by Gasteiger charge is 2.31. The Hall–Kier alpha value is -2.47. The number of ether oxygens (including phenoxy) is 1. The Morgan fingerprint density at radius 2 is 1.89 bits per heavy atom. The third kappa shape index (κ3) is 3.53. The third-order valence-corrected chi connectivity index (χ3v) is 1.88. The zero-order valence-electron chi connectivity index (χ0n) is 9.13.